The number of nitrogens with two attached hydrogens (primary N) is 1. The average Bonchev–Trinajstić information content (AvgIpc) is 3.15. The maximum Gasteiger partial charge on any atom is 0.277 e. The highest BCUT2D eigenvalue weighted by Gasteiger charge is 2.26. The highest BCUT2D eigenvalue weighted by Crippen LogP contribution is 2.28. The van der Waals surface area contributed by atoms with Crippen molar-refractivity contribution in [2.24, 2.45) is 5.14 Å². The number of hydrogen-bond acceptors (Lipinski definition) is 7. The molecule has 1 aliphatic rings. The van der Waals surface area contributed by atoms with Gasteiger partial charge in [-0.1, -0.05) is 0 Å². The van der Waals surface area contributed by atoms with Crippen molar-refractivity contribution >= 4 is 39.7 Å². The van der Waals surface area contributed by atoms with E-state index in [2.05, 4.69) is 15.0 Å². The van der Waals surface area contributed by atoms with E-state index < -0.39 is 10.2 Å². The zero-order valence-electron chi connectivity index (χ0n) is 15.1. The van der Waals surface area contributed by atoms with Gasteiger partial charge in [0.1, 0.15) is 17.0 Å². The number of hydrogen-bond donors (Lipinski definition) is 2. The quantitative estimate of drug-likeness (QED) is 0.631. The number of halogens is 1. The highest BCUT2D eigenvalue weighted by atomic mass is 35.5. The number of piperazine rings is 1. The number of nitrogens with one attached hydrogen (secondary N) is 1. The second kappa shape index (κ2) is 7.87. The molecule has 3 heterocycles. The maximum absolute atomic E-state index is 11.5. The van der Waals surface area contributed by atoms with Crippen molar-refractivity contribution < 1.29 is 13.2 Å². The van der Waals surface area contributed by atoms with E-state index in [1.807, 2.05) is 29.2 Å². The van der Waals surface area contributed by atoms with Gasteiger partial charge in [-0.15, -0.1) is 12.4 Å². The predicted octanol–water partition coefficient (Wildman–Crippen LogP) is 0.776. The van der Waals surface area contributed by atoms with Crippen LogP contribution in [0.2, 0.25) is 0 Å². The minimum Gasteiger partial charge on any atom is -0.497 e. The lowest BCUT2D eigenvalue weighted by molar-refractivity contribution is 0.383. The Balaban J connectivity index is 0.00000225. The van der Waals surface area contributed by atoms with Gasteiger partial charge in [0.2, 0.25) is 5.95 Å². The molecule has 3 aromatic rings. The maximum atomic E-state index is 11.5. The van der Waals surface area contributed by atoms with Gasteiger partial charge in [0.15, 0.2) is 5.65 Å². The summed E-state index contributed by atoms with van der Waals surface area (Å²) in [5.41, 5.74) is 2.89. The molecule has 150 valence electrons. The molecule has 0 saturated carbocycles. The molecule has 1 saturated heterocycles. The Morgan fingerprint density at radius 2 is 1.79 bits per heavy atom. The summed E-state index contributed by atoms with van der Waals surface area (Å²) < 4.78 is 29.4. The van der Waals surface area contributed by atoms with Crippen LogP contribution in [0.4, 0.5) is 5.95 Å². The topological polar surface area (TPSA) is 130 Å². The second-order valence-electron chi connectivity index (χ2n) is 6.13. The molecule has 0 spiro atoms. The van der Waals surface area contributed by atoms with Crippen molar-refractivity contribution in [1.29, 1.82) is 0 Å². The first-order valence-electron chi connectivity index (χ1n) is 8.34. The minimum absolute atomic E-state index is 0. The van der Waals surface area contributed by atoms with Crippen LogP contribution in [-0.4, -0.2) is 65.9 Å². The van der Waals surface area contributed by atoms with Crippen LogP contribution >= 0.6 is 12.4 Å². The first kappa shape index (κ1) is 20.3. The van der Waals surface area contributed by atoms with E-state index in [9.17, 15) is 8.42 Å². The molecule has 0 radical (unpaired) electrons. The van der Waals surface area contributed by atoms with Gasteiger partial charge in [-0.05, 0) is 24.3 Å². The van der Waals surface area contributed by atoms with Gasteiger partial charge in [-0.2, -0.15) is 17.7 Å². The lowest BCUT2D eigenvalue weighted by Crippen LogP contribution is -2.51. The summed E-state index contributed by atoms with van der Waals surface area (Å²) in [6.07, 6.45) is 1.58. The number of rotatable bonds is 4. The fourth-order valence-corrected chi connectivity index (χ4v) is 3.73. The molecule has 1 aliphatic heterocycles. The van der Waals surface area contributed by atoms with E-state index in [1.54, 1.807) is 13.4 Å². The number of methoxy groups -OCH3 is 1. The zero-order chi connectivity index (χ0) is 19.0. The molecule has 0 amide bonds. The zero-order valence-corrected chi connectivity index (χ0v) is 16.7. The SMILES string of the molecule is COc1ccc(-c2nc(N3CCN(S(N)(=O)=O)CC3)nc3[nH]cnc23)cc1.Cl. The van der Waals surface area contributed by atoms with Crippen molar-refractivity contribution in [3.63, 3.8) is 0 Å². The Labute approximate surface area is 168 Å². The number of imidazole rings is 1. The van der Waals surface area contributed by atoms with Crippen molar-refractivity contribution in [2.75, 3.05) is 38.2 Å². The Hall–Kier alpha value is -2.47. The Morgan fingerprint density at radius 1 is 1.11 bits per heavy atom. The fraction of sp³-hybridized carbons (Fsp3) is 0.312. The molecule has 3 N–H and O–H groups in total. The standard InChI is InChI=1S/C16H19N7O3S.ClH/c1-26-12-4-2-11(3-5-12)13-14-15(19-10-18-14)21-16(20-13)22-6-8-23(9-7-22)27(17,24)25;/h2-5,10H,6-9H2,1H3,(H2,17,24,25)(H,18,19,20,21);1H. The van der Waals surface area contributed by atoms with Crippen LogP contribution in [0.5, 0.6) is 5.75 Å². The highest BCUT2D eigenvalue weighted by molar-refractivity contribution is 7.86. The van der Waals surface area contributed by atoms with Gasteiger partial charge < -0.3 is 14.6 Å². The van der Waals surface area contributed by atoms with Gasteiger partial charge in [0, 0.05) is 31.7 Å². The van der Waals surface area contributed by atoms with Gasteiger partial charge in [-0.3, -0.25) is 0 Å². The van der Waals surface area contributed by atoms with Crippen LogP contribution in [0, 0.1) is 0 Å². The molecular formula is C16H20ClN7O3S. The van der Waals surface area contributed by atoms with E-state index in [0.29, 0.717) is 49.0 Å². The molecule has 28 heavy (non-hydrogen) atoms. The summed E-state index contributed by atoms with van der Waals surface area (Å²) in [5.74, 6) is 1.28. The molecule has 4 rings (SSSR count). The van der Waals surface area contributed by atoms with Gasteiger partial charge in [0.25, 0.3) is 10.2 Å². The number of H-pyrrole nitrogens is 1. The van der Waals surface area contributed by atoms with Crippen LogP contribution < -0.4 is 14.8 Å². The van der Waals surface area contributed by atoms with Crippen LogP contribution in [-0.2, 0) is 10.2 Å². The summed E-state index contributed by atoms with van der Waals surface area (Å²) in [6.45, 7) is 1.50. The third-order valence-corrected chi connectivity index (χ3v) is 5.60. The summed E-state index contributed by atoms with van der Waals surface area (Å²) in [5, 5.41) is 5.20. The summed E-state index contributed by atoms with van der Waals surface area (Å²) >= 11 is 0. The van der Waals surface area contributed by atoms with E-state index in [4.69, 9.17) is 14.9 Å². The van der Waals surface area contributed by atoms with Crippen molar-refractivity contribution in [1.82, 2.24) is 24.2 Å². The number of aromatic nitrogens is 4. The molecular weight excluding hydrogens is 406 g/mol. The third kappa shape index (κ3) is 3.87. The monoisotopic (exact) mass is 425 g/mol. The van der Waals surface area contributed by atoms with Crippen molar-refractivity contribution in [3.8, 4) is 17.0 Å². The third-order valence-electron chi connectivity index (χ3n) is 4.51. The van der Waals surface area contributed by atoms with E-state index in [0.717, 1.165) is 11.3 Å². The first-order chi connectivity index (χ1) is 13.0. The molecule has 12 heteroatoms. The second-order valence-corrected chi connectivity index (χ2v) is 7.68. The van der Waals surface area contributed by atoms with Crippen LogP contribution in [0.3, 0.4) is 0 Å². The van der Waals surface area contributed by atoms with Crippen LogP contribution in [0.1, 0.15) is 0 Å². The van der Waals surface area contributed by atoms with Crippen LogP contribution in [0.15, 0.2) is 30.6 Å². The van der Waals surface area contributed by atoms with Gasteiger partial charge in [0.05, 0.1) is 13.4 Å². The minimum atomic E-state index is -3.68. The van der Waals surface area contributed by atoms with Crippen molar-refractivity contribution in [3.05, 3.63) is 30.6 Å². The Kier molecular flexibility index (Phi) is 5.70. The van der Waals surface area contributed by atoms with E-state index >= 15 is 0 Å². The number of aromatic amines is 1. The molecule has 1 fully saturated rings. The van der Waals surface area contributed by atoms with Crippen LogP contribution in [0.25, 0.3) is 22.4 Å². The fourth-order valence-electron chi connectivity index (χ4n) is 3.06. The number of anilines is 1. The Morgan fingerprint density at radius 3 is 2.39 bits per heavy atom. The van der Waals surface area contributed by atoms with E-state index in [-0.39, 0.29) is 12.4 Å². The van der Waals surface area contributed by atoms with Crippen molar-refractivity contribution in [2.45, 2.75) is 0 Å². The first-order valence-corrected chi connectivity index (χ1v) is 9.84. The average molecular weight is 426 g/mol. The largest absolute Gasteiger partial charge is 0.497 e. The molecule has 2 aromatic heterocycles. The summed E-state index contributed by atoms with van der Waals surface area (Å²) in [7, 11) is -2.06. The molecule has 10 nitrogen and oxygen atoms in total. The number of fused-ring (bicyclic) bond motifs is 1. The van der Waals surface area contributed by atoms with Gasteiger partial charge in [-0.25, -0.2) is 15.1 Å². The smallest absolute Gasteiger partial charge is 0.277 e. The number of benzene rings is 1. The molecule has 0 unspecified atom stereocenters. The predicted molar refractivity (Wildman–Crippen MR) is 108 cm³/mol. The lowest BCUT2D eigenvalue weighted by Gasteiger charge is -2.33. The van der Waals surface area contributed by atoms with Gasteiger partial charge >= 0.3 is 0 Å². The van der Waals surface area contributed by atoms with E-state index in [1.165, 1.54) is 4.31 Å². The molecule has 0 atom stereocenters. The lowest BCUT2D eigenvalue weighted by atomic mass is 10.1. The Bertz CT molecular complexity index is 1060. The number of nitrogens with zero attached hydrogens (tertiary/aromatic N) is 5. The molecule has 0 bridgehead atoms. The summed E-state index contributed by atoms with van der Waals surface area (Å²) in [6, 6.07) is 7.55. The molecule has 1 aromatic carbocycles. The number of ether oxygens (including phenoxy) is 1. The normalized spacial score (nSPS) is 15.4. The summed E-state index contributed by atoms with van der Waals surface area (Å²) in [4.78, 5) is 18.5. The molecule has 0 aliphatic carbocycles.